The topological polar surface area (TPSA) is 105 Å². The molecule has 1 aromatic carbocycles. The van der Waals surface area contributed by atoms with E-state index in [4.69, 9.17) is 4.42 Å². The van der Waals surface area contributed by atoms with Crippen molar-refractivity contribution in [3.05, 3.63) is 36.0 Å². The number of nitrogens with one attached hydrogen (secondary N) is 1. The lowest BCUT2D eigenvalue weighted by Crippen LogP contribution is -2.42. The molecule has 1 aliphatic heterocycles. The highest BCUT2D eigenvalue weighted by Crippen LogP contribution is 2.39. The van der Waals surface area contributed by atoms with E-state index >= 15 is 0 Å². The molecule has 9 heteroatoms. The van der Waals surface area contributed by atoms with Gasteiger partial charge in [0.1, 0.15) is 0 Å². The highest BCUT2D eigenvalue weighted by atomic mass is 32.2. The lowest BCUT2D eigenvalue weighted by Gasteiger charge is -2.34. The van der Waals surface area contributed by atoms with Gasteiger partial charge in [0.05, 0.1) is 4.90 Å². The zero-order valence-corrected chi connectivity index (χ0v) is 16.8. The number of sulfonamides is 1. The van der Waals surface area contributed by atoms with Crippen molar-refractivity contribution in [2.24, 2.45) is 11.8 Å². The fraction of sp³-hybridized carbons (Fsp3) is 0.526. The van der Waals surface area contributed by atoms with Gasteiger partial charge in [0, 0.05) is 24.7 Å². The molecular formula is C19H24N4O4S. The number of hydrogen-bond acceptors (Lipinski definition) is 6. The van der Waals surface area contributed by atoms with E-state index < -0.39 is 15.9 Å². The normalized spacial score (nSPS) is 23.5. The lowest BCUT2D eigenvalue weighted by molar-refractivity contribution is 0.0988. The Morgan fingerprint density at radius 2 is 1.75 bits per heavy atom. The van der Waals surface area contributed by atoms with E-state index in [1.165, 1.54) is 12.1 Å². The summed E-state index contributed by atoms with van der Waals surface area (Å²) in [7, 11) is -3.54. The van der Waals surface area contributed by atoms with Crippen molar-refractivity contribution >= 4 is 21.6 Å². The molecule has 28 heavy (non-hydrogen) atoms. The molecule has 1 saturated heterocycles. The first-order valence-corrected chi connectivity index (χ1v) is 11.0. The van der Waals surface area contributed by atoms with Gasteiger partial charge in [-0.3, -0.25) is 4.79 Å². The number of nitrogens with zero attached hydrogens (tertiary/aromatic N) is 3. The largest absolute Gasteiger partial charge is 0.417 e. The maximum atomic E-state index is 12.9. The number of amides is 1. The second-order valence-electron chi connectivity index (χ2n) is 7.97. The summed E-state index contributed by atoms with van der Waals surface area (Å²) in [5.41, 5.74) is 0.468. The second kappa shape index (κ2) is 7.29. The number of piperidine rings is 1. The predicted molar refractivity (Wildman–Crippen MR) is 102 cm³/mol. The van der Waals surface area contributed by atoms with Crippen molar-refractivity contribution in [3.8, 4) is 0 Å². The van der Waals surface area contributed by atoms with Crippen LogP contribution in [0.25, 0.3) is 0 Å². The van der Waals surface area contributed by atoms with Gasteiger partial charge in [-0.25, -0.2) is 8.42 Å². The average molecular weight is 404 g/mol. The Balaban J connectivity index is 1.44. The maximum absolute atomic E-state index is 12.9. The number of carbonyl (C=O) groups is 1. The van der Waals surface area contributed by atoms with Crippen molar-refractivity contribution in [2.75, 3.05) is 18.4 Å². The van der Waals surface area contributed by atoms with Crippen LogP contribution in [0.2, 0.25) is 0 Å². The summed E-state index contributed by atoms with van der Waals surface area (Å²) in [5, 5.41) is 10.3. The van der Waals surface area contributed by atoms with E-state index in [-0.39, 0.29) is 16.7 Å². The first-order chi connectivity index (χ1) is 13.3. The van der Waals surface area contributed by atoms with Crippen molar-refractivity contribution in [3.63, 3.8) is 0 Å². The maximum Gasteiger partial charge on any atom is 0.313 e. The summed E-state index contributed by atoms with van der Waals surface area (Å²) in [6.07, 6.45) is 3.05. The molecule has 1 saturated carbocycles. The summed E-state index contributed by atoms with van der Waals surface area (Å²) in [6, 6.07) is 6.16. The molecule has 0 radical (unpaired) electrons. The monoisotopic (exact) mass is 404 g/mol. The zero-order chi connectivity index (χ0) is 19.9. The predicted octanol–water partition coefficient (Wildman–Crippen LogP) is 2.87. The summed E-state index contributed by atoms with van der Waals surface area (Å²) in [5.74, 6) is 0.859. The average Bonchev–Trinajstić information content (AvgIpc) is 3.38. The minimum absolute atomic E-state index is 0.0881. The van der Waals surface area contributed by atoms with Gasteiger partial charge in [0.15, 0.2) is 0 Å². The molecule has 2 fully saturated rings. The van der Waals surface area contributed by atoms with Crippen molar-refractivity contribution in [2.45, 2.75) is 43.9 Å². The van der Waals surface area contributed by atoms with Gasteiger partial charge < -0.3 is 9.73 Å². The highest BCUT2D eigenvalue weighted by molar-refractivity contribution is 7.89. The van der Waals surface area contributed by atoms with Gasteiger partial charge in [-0.2, -0.15) is 4.31 Å². The lowest BCUT2D eigenvalue weighted by atomic mass is 9.94. The Morgan fingerprint density at radius 1 is 1.11 bits per heavy atom. The van der Waals surface area contributed by atoms with E-state index in [1.807, 2.05) is 0 Å². The van der Waals surface area contributed by atoms with Crippen molar-refractivity contribution in [1.29, 1.82) is 0 Å². The molecule has 2 atom stereocenters. The summed E-state index contributed by atoms with van der Waals surface area (Å²) < 4.78 is 32.8. The summed E-state index contributed by atoms with van der Waals surface area (Å²) >= 11 is 0. The fourth-order valence-electron chi connectivity index (χ4n) is 3.67. The Bertz CT molecular complexity index is 956. The van der Waals surface area contributed by atoms with Crippen LogP contribution < -0.4 is 5.32 Å². The van der Waals surface area contributed by atoms with Crippen LogP contribution in [0, 0.1) is 11.8 Å². The molecular weight excluding hydrogens is 380 g/mol. The van der Waals surface area contributed by atoms with Gasteiger partial charge in [-0.15, -0.1) is 10.2 Å². The number of anilines is 1. The molecule has 150 valence electrons. The van der Waals surface area contributed by atoms with Crippen LogP contribution >= 0.6 is 0 Å². The molecule has 4 rings (SSSR count). The molecule has 2 heterocycles. The van der Waals surface area contributed by atoms with Crippen LogP contribution in [0.5, 0.6) is 0 Å². The van der Waals surface area contributed by atoms with Gasteiger partial charge in [0.2, 0.25) is 15.9 Å². The van der Waals surface area contributed by atoms with E-state index in [2.05, 4.69) is 29.4 Å². The SMILES string of the molecule is C[C@@H]1C[C@H](C)CN(S(=O)(=O)c2ccc(NC(=O)c3nnc(C4CC4)o3)cc2)C1. The molecule has 0 bridgehead atoms. The molecule has 1 N–H and O–H groups in total. The highest BCUT2D eigenvalue weighted by Gasteiger charge is 2.32. The fourth-order valence-corrected chi connectivity index (χ4v) is 5.35. The third-order valence-electron chi connectivity index (χ3n) is 5.15. The van der Waals surface area contributed by atoms with Crippen molar-refractivity contribution < 1.29 is 17.6 Å². The number of benzene rings is 1. The van der Waals surface area contributed by atoms with E-state index in [0.717, 1.165) is 19.3 Å². The minimum Gasteiger partial charge on any atom is -0.417 e. The standard InChI is InChI=1S/C19H24N4O4S/c1-12-9-13(2)11-23(10-12)28(25,26)16-7-5-15(6-8-16)20-17(24)19-22-21-18(27-19)14-3-4-14/h5-8,12-14H,3-4,9-11H2,1-2H3,(H,20,24)/t12-,13+. The number of rotatable bonds is 5. The van der Waals surface area contributed by atoms with Crippen LogP contribution in [0.3, 0.4) is 0 Å². The van der Waals surface area contributed by atoms with Crippen LogP contribution in [-0.4, -0.2) is 41.9 Å². The molecule has 0 unspecified atom stereocenters. The van der Waals surface area contributed by atoms with Gasteiger partial charge in [0.25, 0.3) is 0 Å². The van der Waals surface area contributed by atoms with Crippen LogP contribution in [0.4, 0.5) is 5.69 Å². The van der Waals surface area contributed by atoms with Gasteiger partial charge >= 0.3 is 11.8 Å². The zero-order valence-electron chi connectivity index (χ0n) is 16.0. The Morgan fingerprint density at radius 3 is 2.36 bits per heavy atom. The van der Waals surface area contributed by atoms with E-state index in [9.17, 15) is 13.2 Å². The summed E-state index contributed by atoms with van der Waals surface area (Å²) in [6.45, 7) is 5.21. The molecule has 1 amide bonds. The molecule has 1 aromatic heterocycles. The molecule has 8 nitrogen and oxygen atoms in total. The third-order valence-corrected chi connectivity index (χ3v) is 6.99. The second-order valence-corrected chi connectivity index (χ2v) is 9.90. The van der Waals surface area contributed by atoms with Crippen LogP contribution in [0.15, 0.2) is 33.6 Å². The Hall–Kier alpha value is -2.26. The Labute approximate surface area is 164 Å². The first-order valence-electron chi connectivity index (χ1n) is 9.58. The molecule has 2 aromatic rings. The van der Waals surface area contributed by atoms with Gasteiger partial charge in [-0.05, 0) is 55.4 Å². The quantitative estimate of drug-likeness (QED) is 0.821. The van der Waals surface area contributed by atoms with Crippen LogP contribution in [0.1, 0.15) is 55.6 Å². The van der Waals surface area contributed by atoms with Gasteiger partial charge in [-0.1, -0.05) is 13.8 Å². The summed E-state index contributed by atoms with van der Waals surface area (Å²) in [4.78, 5) is 12.5. The number of hydrogen-bond donors (Lipinski definition) is 1. The smallest absolute Gasteiger partial charge is 0.313 e. The molecule has 2 aliphatic rings. The van der Waals surface area contributed by atoms with Crippen LogP contribution in [-0.2, 0) is 10.0 Å². The molecule has 0 spiro atoms. The third kappa shape index (κ3) is 3.95. The number of carbonyl (C=O) groups excluding carboxylic acids is 1. The Kier molecular flexibility index (Phi) is 4.96. The van der Waals surface area contributed by atoms with E-state index in [1.54, 1.807) is 16.4 Å². The van der Waals surface area contributed by atoms with Crippen molar-refractivity contribution in [1.82, 2.24) is 14.5 Å². The first kappa shape index (κ1) is 19.1. The number of aromatic nitrogens is 2. The molecule has 1 aliphatic carbocycles. The van der Waals surface area contributed by atoms with E-state index in [0.29, 0.717) is 36.5 Å². The minimum atomic E-state index is -3.54.